The Labute approximate surface area is 155 Å². The van der Waals surface area contributed by atoms with E-state index in [0.29, 0.717) is 34.0 Å². The number of amides is 1. The molecule has 8 heteroatoms. The summed E-state index contributed by atoms with van der Waals surface area (Å²) in [5.74, 6) is -0.196. The summed E-state index contributed by atoms with van der Waals surface area (Å²) < 4.78 is 15.7. The third-order valence-electron chi connectivity index (χ3n) is 4.29. The zero-order valence-corrected chi connectivity index (χ0v) is 15.5. The molecular weight excluding hydrogens is 352 g/mol. The monoisotopic (exact) mass is 372 g/mol. The van der Waals surface area contributed by atoms with Crippen LogP contribution in [0.15, 0.2) is 18.2 Å². The second-order valence-corrected chi connectivity index (χ2v) is 6.29. The highest BCUT2D eigenvalue weighted by molar-refractivity contribution is 6.02. The highest BCUT2D eigenvalue weighted by Crippen LogP contribution is 2.34. The molecule has 1 aromatic carbocycles. The van der Waals surface area contributed by atoms with Crippen LogP contribution in [-0.2, 0) is 9.53 Å². The van der Waals surface area contributed by atoms with Crippen molar-refractivity contribution in [1.82, 2.24) is 4.98 Å². The van der Waals surface area contributed by atoms with Crippen molar-refractivity contribution in [2.45, 2.75) is 33.8 Å². The van der Waals surface area contributed by atoms with Crippen LogP contribution in [0.4, 0.5) is 5.69 Å². The van der Waals surface area contributed by atoms with E-state index in [1.54, 1.807) is 32.0 Å². The topological polar surface area (TPSA) is 107 Å². The predicted octanol–water partition coefficient (Wildman–Crippen LogP) is 2.75. The van der Waals surface area contributed by atoms with Crippen LogP contribution in [0.3, 0.4) is 0 Å². The molecule has 0 bridgehead atoms. The summed E-state index contributed by atoms with van der Waals surface area (Å²) in [4.78, 5) is 39.3. The van der Waals surface area contributed by atoms with Gasteiger partial charge < -0.3 is 24.5 Å². The smallest absolute Gasteiger partial charge is 0.355 e. The number of ketones is 1. The van der Waals surface area contributed by atoms with Gasteiger partial charge in [-0.05, 0) is 45.4 Å². The van der Waals surface area contributed by atoms with E-state index in [1.165, 1.54) is 13.8 Å². The molecule has 2 heterocycles. The lowest BCUT2D eigenvalue weighted by molar-refractivity contribution is -0.123. The quantitative estimate of drug-likeness (QED) is 0.617. The number of H-pyrrole nitrogens is 1. The van der Waals surface area contributed by atoms with Crippen molar-refractivity contribution in [3.8, 4) is 11.5 Å². The average Bonchev–Trinajstić information content (AvgIpc) is 3.18. The summed E-state index contributed by atoms with van der Waals surface area (Å²) in [7, 11) is 0. The number of Topliss-reactive ketones (excluding diaryl/α,β-unsaturated/α-hetero) is 1. The minimum Gasteiger partial charge on any atom is -0.454 e. The second kappa shape index (κ2) is 7.14. The zero-order chi connectivity index (χ0) is 19.7. The summed E-state index contributed by atoms with van der Waals surface area (Å²) in [6, 6.07) is 4.98. The Bertz CT molecular complexity index is 931. The summed E-state index contributed by atoms with van der Waals surface area (Å²) in [5, 5.41) is 2.66. The van der Waals surface area contributed by atoms with Gasteiger partial charge in [0.2, 0.25) is 6.79 Å². The highest BCUT2D eigenvalue weighted by Gasteiger charge is 2.25. The number of rotatable bonds is 5. The number of hydrogen-bond donors (Lipinski definition) is 2. The number of esters is 1. The summed E-state index contributed by atoms with van der Waals surface area (Å²) in [6.07, 6.45) is -1.04. The lowest BCUT2D eigenvalue weighted by Crippen LogP contribution is -2.30. The van der Waals surface area contributed by atoms with Gasteiger partial charge in [0, 0.05) is 23.0 Å². The second-order valence-electron chi connectivity index (χ2n) is 6.29. The summed E-state index contributed by atoms with van der Waals surface area (Å²) >= 11 is 0. The molecule has 2 N–H and O–H groups in total. The van der Waals surface area contributed by atoms with Crippen LogP contribution in [0.1, 0.15) is 46.0 Å². The largest absolute Gasteiger partial charge is 0.454 e. The van der Waals surface area contributed by atoms with Gasteiger partial charge in [-0.2, -0.15) is 0 Å². The van der Waals surface area contributed by atoms with E-state index < -0.39 is 18.0 Å². The van der Waals surface area contributed by atoms with E-state index in [1.807, 2.05) is 0 Å². The molecule has 0 unspecified atom stereocenters. The molecule has 0 aliphatic carbocycles. The SMILES string of the molecule is CC(=O)c1c(C)[nH]c(C(=O)O[C@H](C)C(=O)Nc2ccc3c(c2)OCO3)c1C. The van der Waals surface area contributed by atoms with E-state index in [2.05, 4.69) is 10.3 Å². The molecule has 1 atom stereocenters. The molecule has 0 radical (unpaired) electrons. The number of fused-ring (bicyclic) bond motifs is 1. The van der Waals surface area contributed by atoms with Crippen LogP contribution in [0.5, 0.6) is 11.5 Å². The fourth-order valence-electron chi connectivity index (χ4n) is 2.97. The van der Waals surface area contributed by atoms with Crippen LogP contribution in [0, 0.1) is 13.8 Å². The van der Waals surface area contributed by atoms with E-state index in [4.69, 9.17) is 14.2 Å². The normalized spacial score (nSPS) is 13.2. The first-order chi connectivity index (χ1) is 12.8. The van der Waals surface area contributed by atoms with E-state index in [-0.39, 0.29) is 18.3 Å². The molecule has 8 nitrogen and oxygen atoms in total. The maximum absolute atomic E-state index is 12.4. The molecule has 1 aliphatic heterocycles. The van der Waals surface area contributed by atoms with Gasteiger partial charge in [0.15, 0.2) is 23.4 Å². The standard InChI is InChI=1S/C19H20N2O6/c1-9-16(11(3)22)10(2)20-17(9)19(24)27-12(4)18(23)21-13-5-6-14-15(7-13)26-8-25-14/h5-7,12,20H,8H2,1-4H3,(H,21,23)/t12-/m1/s1. The van der Waals surface area contributed by atoms with E-state index in [9.17, 15) is 14.4 Å². The lowest BCUT2D eigenvalue weighted by Gasteiger charge is -2.13. The van der Waals surface area contributed by atoms with Gasteiger partial charge in [-0.3, -0.25) is 9.59 Å². The van der Waals surface area contributed by atoms with E-state index in [0.717, 1.165) is 0 Å². The molecule has 1 aliphatic rings. The Balaban J connectivity index is 1.67. The van der Waals surface area contributed by atoms with Gasteiger partial charge >= 0.3 is 5.97 Å². The number of carbonyl (C=O) groups is 3. The van der Waals surface area contributed by atoms with Crippen molar-refractivity contribution in [2.75, 3.05) is 12.1 Å². The highest BCUT2D eigenvalue weighted by atomic mass is 16.7. The van der Waals surface area contributed by atoms with Crippen LogP contribution < -0.4 is 14.8 Å². The third kappa shape index (κ3) is 3.64. The number of benzene rings is 1. The molecule has 0 spiro atoms. The molecule has 1 aromatic heterocycles. The van der Waals surface area contributed by atoms with Gasteiger partial charge in [-0.25, -0.2) is 4.79 Å². The Hall–Kier alpha value is -3.29. The minimum atomic E-state index is -1.04. The Kier molecular flexibility index (Phi) is 4.89. The van der Waals surface area contributed by atoms with Crippen LogP contribution in [0.2, 0.25) is 0 Å². The molecule has 0 fully saturated rings. The number of aromatic nitrogens is 1. The van der Waals surface area contributed by atoms with Gasteiger partial charge in [-0.15, -0.1) is 0 Å². The molecule has 0 saturated carbocycles. The number of aryl methyl sites for hydroxylation is 1. The predicted molar refractivity (Wildman–Crippen MR) is 96.3 cm³/mol. The zero-order valence-electron chi connectivity index (χ0n) is 15.5. The van der Waals surface area contributed by atoms with Crippen molar-refractivity contribution < 1.29 is 28.6 Å². The summed E-state index contributed by atoms with van der Waals surface area (Å²) in [5.41, 5.74) is 2.22. The first kappa shape index (κ1) is 18.5. The fraction of sp³-hybridized carbons (Fsp3) is 0.316. The molecule has 142 valence electrons. The number of carbonyl (C=O) groups excluding carboxylic acids is 3. The molecule has 0 saturated heterocycles. The summed E-state index contributed by atoms with van der Waals surface area (Å²) in [6.45, 7) is 6.40. The van der Waals surface area contributed by atoms with E-state index >= 15 is 0 Å². The molecular formula is C19H20N2O6. The Morgan fingerprint density at radius 3 is 2.56 bits per heavy atom. The number of nitrogens with one attached hydrogen (secondary N) is 2. The minimum absolute atomic E-state index is 0.137. The number of ether oxygens (including phenoxy) is 3. The first-order valence-electron chi connectivity index (χ1n) is 8.39. The van der Waals surface area contributed by atoms with Crippen LogP contribution >= 0.6 is 0 Å². The van der Waals surface area contributed by atoms with Crippen molar-refractivity contribution in [3.05, 3.63) is 40.7 Å². The number of hydrogen-bond acceptors (Lipinski definition) is 6. The van der Waals surface area contributed by atoms with Gasteiger partial charge in [0.1, 0.15) is 5.69 Å². The Morgan fingerprint density at radius 1 is 1.19 bits per heavy atom. The maximum Gasteiger partial charge on any atom is 0.355 e. The third-order valence-corrected chi connectivity index (χ3v) is 4.29. The lowest BCUT2D eigenvalue weighted by atomic mass is 10.1. The van der Waals surface area contributed by atoms with Crippen molar-refractivity contribution in [1.29, 1.82) is 0 Å². The van der Waals surface area contributed by atoms with Gasteiger partial charge in [0.05, 0.1) is 0 Å². The van der Waals surface area contributed by atoms with Gasteiger partial charge in [-0.1, -0.05) is 0 Å². The van der Waals surface area contributed by atoms with Crippen molar-refractivity contribution >= 4 is 23.3 Å². The number of aromatic amines is 1. The van der Waals surface area contributed by atoms with Crippen molar-refractivity contribution in [2.24, 2.45) is 0 Å². The first-order valence-corrected chi connectivity index (χ1v) is 8.39. The molecule has 3 rings (SSSR count). The number of anilines is 1. The molecule has 2 aromatic rings. The van der Waals surface area contributed by atoms with Gasteiger partial charge in [0.25, 0.3) is 5.91 Å². The fourth-order valence-corrected chi connectivity index (χ4v) is 2.97. The van der Waals surface area contributed by atoms with Crippen molar-refractivity contribution in [3.63, 3.8) is 0 Å². The molecule has 27 heavy (non-hydrogen) atoms. The molecule has 1 amide bonds. The van der Waals surface area contributed by atoms with Crippen LogP contribution in [0.25, 0.3) is 0 Å². The van der Waals surface area contributed by atoms with Crippen LogP contribution in [-0.4, -0.2) is 35.5 Å². The average molecular weight is 372 g/mol. The maximum atomic E-state index is 12.4. The Morgan fingerprint density at radius 2 is 1.89 bits per heavy atom.